The molecule has 1 aliphatic carbocycles. The van der Waals surface area contributed by atoms with E-state index in [4.69, 9.17) is 4.74 Å². The molecule has 4 nitrogen and oxygen atoms in total. The summed E-state index contributed by atoms with van der Waals surface area (Å²) in [6, 6.07) is 0.174. The summed E-state index contributed by atoms with van der Waals surface area (Å²) < 4.78 is 5.59. The summed E-state index contributed by atoms with van der Waals surface area (Å²) in [5.41, 5.74) is -0.500. The molecule has 0 aliphatic heterocycles. The van der Waals surface area contributed by atoms with Crippen LogP contribution in [0.5, 0.6) is 0 Å². The van der Waals surface area contributed by atoms with E-state index in [1.165, 1.54) is 12.8 Å². The van der Waals surface area contributed by atoms with Crippen LogP contribution >= 0.6 is 0 Å². The third kappa shape index (κ3) is 6.06. The Morgan fingerprint density at radius 2 is 1.81 bits per heavy atom. The van der Waals surface area contributed by atoms with Gasteiger partial charge in [0.1, 0.15) is 11.9 Å². The fourth-order valence-corrected chi connectivity index (χ4v) is 3.03. The molecule has 1 aliphatic rings. The van der Waals surface area contributed by atoms with Crippen molar-refractivity contribution in [2.45, 2.75) is 96.7 Å². The Bertz CT molecular complexity index is 327. The van der Waals surface area contributed by atoms with E-state index in [2.05, 4.69) is 0 Å². The number of ether oxygens (including phenoxy) is 1. The number of hydrogen-bond donors (Lipinski definition) is 0. The quantitative estimate of drug-likeness (QED) is 0.561. The molecule has 1 atom stereocenters. The standard InChI is InChI=1S/C17H31NO3/c1-5-14(12-13-19)18(16(20)21-17(2,3)4)15-10-8-6-7-9-11-15/h13-15H,5-12H2,1-4H3. The largest absolute Gasteiger partial charge is 0.444 e. The summed E-state index contributed by atoms with van der Waals surface area (Å²) in [6.07, 6.45) is 8.67. The van der Waals surface area contributed by atoms with Gasteiger partial charge < -0.3 is 14.4 Å². The summed E-state index contributed by atoms with van der Waals surface area (Å²) in [4.78, 5) is 25.5. The molecule has 0 N–H and O–H groups in total. The van der Waals surface area contributed by atoms with Crippen LogP contribution in [0.1, 0.15) is 79.1 Å². The summed E-state index contributed by atoms with van der Waals surface area (Å²) in [5, 5.41) is 0. The molecule has 122 valence electrons. The molecule has 1 amide bonds. The Hall–Kier alpha value is -1.06. The highest BCUT2D eigenvalue weighted by molar-refractivity contribution is 5.69. The van der Waals surface area contributed by atoms with Crippen LogP contribution in [-0.4, -0.2) is 35.0 Å². The highest BCUT2D eigenvalue weighted by Gasteiger charge is 2.33. The molecule has 1 rings (SSSR count). The zero-order valence-corrected chi connectivity index (χ0v) is 14.1. The first kappa shape index (κ1) is 18.0. The van der Waals surface area contributed by atoms with E-state index in [-0.39, 0.29) is 18.2 Å². The Labute approximate surface area is 129 Å². The SMILES string of the molecule is CCC(CC=O)N(C(=O)OC(C)(C)C)C1CCCCCC1. The van der Waals surface area contributed by atoms with Gasteiger partial charge in [-0.3, -0.25) is 0 Å². The van der Waals surface area contributed by atoms with Crippen LogP contribution in [0, 0.1) is 0 Å². The average Bonchev–Trinajstić information content (AvgIpc) is 2.65. The van der Waals surface area contributed by atoms with E-state index in [0.717, 1.165) is 38.4 Å². The van der Waals surface area contributed by atoms with Gasteiger partial charge in [-0.15, -0.1) is 0 Å². The number of amides is 1. The summed E-state index contributed by atoms with van der Waals surface area (Å²) >= 11 is 0. The number of nitrogens with zero attached hydrogens (tertiary/aromatic N) is 1. The first-order valence-electron chi connectivity index (χ1n) is 8.34. The average molecular weight is 297 g/mol. The Morgan fingerprint density at radius 3 is 2.24 bits per heavy atom. The van der Waals surface area contributed by atoms with Crippen molar-refractivity contribution in [3.8, 4) is 0 Å². The zero-order chi connectivity index (χ0) is 15.9. The molecular weight excluding hydrogens is 266 g/mol. The number of rotatable bonds is 5. The van der Waals surface area contributed by atoms with Gasteiger partial charge in [-0.25, -0.2) is 4.79 Å². The van der Waals surface area contributed by atoms with Crippen LogP contribution < -0.4 is 0 Å². The molecule has 0 heterocycles. The summed E-state index contributed by atoms with van der Waals surface area (Å²) in [6.45, 7) is 7.69. The molecule has 21 heavy (non-hydrogen) atoms. The topological polar surface area (TPSA) is 46.6 Å². The predicted octanol–water partition coefficient (Wildman–Crippen LogP) is 4.31. The lowest BCUT2D eigenvalue weighted by Gasteiger charge is -2.38. The predicted molar refractivity (Wildman–Crippen MR) is 84.3 cm³/mol. The maximum Gasteiger partial charge on any atom is 0.410 e. The van der Waals surface area contributed by atoms with E-state index >= 15 is 0 Å². The molecule has 0 radical (unpaired) electrons. The number of hydrogen-bond acceptors (Lipinski definition) is 3. The van der Waals surface area contributed by atoms with E-state index in [1.807, 2.05) is 32.6 Å². The van der Waals surface area contributed by atoms with E-state index in [0.29, 0.717) is 6.42 Å². The van der Waals surface area contributed by atoms with Crippen LogP contribution in [0.2, 0.25) is 0 Å². The first-order valence-corrected chi connectivity index (χ1v) is 8.34. The highest BCUT2D eigenvalue weighted by atomic mass is 16.6. The normalized spacial score (nSPS) is 18.7. The third-order valence-corrected chi connectivity index (χ3v) is 4.06. The Balaban J connectivity index is 2.90. The smallest absolute Gasteiger partial charge is 0.410 e. The fourth-order valence-electron chi connectivity index (χ4n) is 3.03. The van der Waals surface area contributed by atoms with Crippen molar-refractivity contribution in [3.05, 3.63) is 0 Å². The lowest BCUT2D eigenvalue weighted by Crippen LogP contribution is -2.49. The molecule has 0 bridgehead atoms. The second-order valence-corrected chi connectivity index (χ2v) is 7.00. The second-order valence-electron chi connectivity index (χ2n) is 7.00. The van der Waals surface area contributed by atoms with Crippen molar-refractivity contribution in [3.63, 3.8) is 0 Å². The van der Waals surface area contributed by atoms with Crippen molar-refractivity contribution < 1.29 is 14.3 Å². The van der Waals surface area contributed by atoms with Crippen LogP contribution in [0.15, 0.2) is 0 Å². The summed E-state index contributed by atoms with van der Waals surface area (Å²) in [5.74, 6) is 0. The molecule has 0 saturated heterocycles. The van der Waals surface area contributed by atoms with Gasteiger partial charge in [-0.2, -0.15) is 0 Å². The fraction of sp³-hybridized carbons (Fsp3) is 0.882. The minimum atomic E-state index is -0.500. The van der Waals surface area contributed by atoms with Crippen LogP contribution in [0.4, 0.5) is 4.79 Å². The number of carbonyl (C=O) groups is 2. The van der Waals surface area contributed by atoms with Gasteiger partial charge in [-0.1, -0.05) is 32.6 Å². The van der Waals surface area contributed by atoms with Crippen molar-refractivity contribution in [2.24, 2.45) is 0 Å². The van der Waals surface area contributed by atoms with Crippen molar-refractivity contribution >= 4 is 12.4 Å². The van der Waals surface area contributed by atoms with Crippen LogP contribution in [-0.2, 0) is 9.53 Å². The van der Waals surface area contributed by atoms with E-state index in [1.54, 1.807) is 0 Å². The first-order chi connectivity index (χ1) is 9.89. The lowest BCUT2D eigenvalue weighted by atomic mass is 10.0. The molecule has 1 unspecified atom stereocenters. The molecule has 1 saturated carbocycles. The van der Waals surface area contributed by atoms with Crippen molar-refractivity contribution in [1.29, 1.82) is 0 Å². The number of carbonyl (C=O) groups excluding carboxylic acids is 2. The molecule has 0 aromatic heterocycles. The lowest BCUT2D eigenvalue weighted by molar-refractivity contribution is -0.109. The van der Waals surface area contributed by atoms with Gasteiger partial charge >= 0.3 is 6.09 Å². The third-order valence-electron chi connectivity index (χ3n) is 4.06. The van der Waals surface area contributed by atoms with Gasteiger partial charge in [-0.05, 0) is 40.0 Å². The minimum Gasteiger partial charge on any atom is -0.444 e. The molecule has 1 fully saturated rings. The van der Waals surface area contributed by atoms with Gasteiger partial charge in [0.05, 0.1) is 0 Å². The summed E-state index contributed by atoms with van der Waals surface area (Å²) in [7, 11) is 0. The van der Waals surface area contributed by atoms with Gasteiger partial charge in [0.2, 0.25) is 0 Å². The van der Waals surface area contributed by atoms with Gasteiger partial charge in [0.15, 0.2) is 0 Å². The van der Waals surface area contributed by atoms with Crippen molar-refractivity contribution in [1.82, 2.24) is 4.90 Å². The second kappa shape index (κ2) is 8.40. The van der Waals surface area contributed by atoms with Crippen molar-refractivity contribution in [2.75, 3.05) is 0 Å². The monoisotopic (exact) mass is 297 g/mol. The van der Waals surface area contributed by atoms with E-state index < -0.39 is 5.60 Å². The highest BCUT2D eigenvalue weighted by Crippen LogP contribution is 2.27. The molecule has 0 aromatic carbocycles. The molecule has 4 heteroatoms. The minimum absolute atomic E-state index is 0.0413. The Morgan fingerprint density at radius 1 is 1.24 bits per heavy atom. The van der Waals surface area contributed by atoms with Crippen LogP contribution in [0.25, 0.3) is 0 Å². The molecular formula is C17H31NO3. The maximum atomic E-state index is 12.6. The number of aldehydes is 1. The molecule has 0 aromatic rings. The zero-order valence-electron chi connectivity index (χ0n) is 14.1. The maximum absolute atomic E-state index is 12.6. The van der Waals surface area contributed by atoms with E-state index in [9.17, 15) is 9.59 Å². The molecule has 0 spiro atoms. The Kier molecular flexibility index (Phi) is 7.20. The van der Waals surface area contributed by atoms with Gasteiger partial charge in [0.25, 0.3) is 0 Å². The van der Waals surface area contributed by atoms with Crippen LogP contribution in [0.3, 0.4) is 0 Å². The van der Waals surface area contributed by atoms with Gasteiger partial charge in [0, 0.05) is 18.5 Å².